The number of halogens is 3. The van der Waals surface area contributed by atoms with E-state index in [4.69, 9.17) is 0 Å². The molecular formula is C17H19F3N4O. The first kappa shape index (κ1) is 17.5. The molecule has 0 unspecified atom stereocenters. The third-order valence-electron chi connectivity index (χ3n) is 4.33. The van der Waals surface area contributed by atoms with E-state index in [2.05, 4.69) is 9.88 Å². The highest BCUT2D eigenvalue weighted by Crippen LogP contribution is 2.29. The van der Waals surface area contributed by atoms with Gasteiger partial charge in [0, 0.05) is 57.2 Å². The summed E-state index contributed by atoms with van der Waals surface area (Å²) < 4.78 is 40.4. The summed E-state index contributed by atoms with van der Waals surface area (Å²) in [6.07, 6.45) is 0.939. The third kappa shape index (κ3) is 4.39. The molecule has 5 nitrogen and oxygen atoms in total. The van der Waals surface area contributed by atoms with Crippen molar-refractivity contribution in [3.8, 4) is 0 Å². The summed E-state index contributed by atoms with van der Waals surface area (Å²) in [5.74, 6) is -0.347. The number of piperazine rings is 1. The SMILES string of the molecule is O=C(c1cccc(C(F)(F)F)c1)N1CCN(CCn2ccnc2)CC1. The van der Waals surface area contributed by atoms with Crippen LogP contribution < -0.4 is 0 Å². The third-order valence-corrected chi connectivity index (χ3v) is 4.33. The van der Waals surface area contributed by atoms with Crippen molar-refractivity contribution in [1.82, 2.24) is 19.4 Å². The maximum Gasteiger partial charge on any atom is 0.416 e. The van der Waals surface area contributed by atoms with Crippen molar-refractivity contribution in [2.75, 3.05) is 32.7 Å². The molecule has 134 valence electrons. The Labute approximate surface area is 143 Å². The Hall–Kier alpha value is -2.35. The number of imidazole rings is 1. The van der Waals surface area contributed by atoms with Gasteiger partial charge in [-0.3, -0.25) is 9.69 Å². The minimum absolute atomic E-state index is 0.0849. The van der Waals surface area contributed by atoms with Crippen molar-refractivity contribution < 1.29 is 18.0 Å². The van der Waals surface area contributed by atoms with Crippen LogP contribution in [0.2, 0.25) is 0 Å². The molecule has 1 amide bonds. The quantitative estimate of drug-likeness (QED) is 0.848. The van der Waals surface area contributed by atoms with Gasteiger partial charge in [0.25, 0.3) is 5.91 Å². The van der Waals surface area contributed by atoms with Gasteiger partial charge in [0.2, 0.25) is 0 Å². The zero-order valence-corrected chi connectivity index (χ0v) is 13.6. The van der Waals surface area contributed by atoms with Gasteiger partial charge in [-0.1, -0.05) is 6.07 Å². The average molecular weight is 352 g/mol. The molecule has 1 aliphatic heterocycles. The van der Waals surface area contributed by atoms with Crippen LogP contribution in [0, 0.1) is 0 Å². The van der Waals surface area contributed by atoms with Gasteiger partial charge in [-0.15, -0.1) is 0 Å². The number of hydrogen-bond donors (Lipinski definition) is 0. The summed E-state index contributed by atoms with van der Waals surface area (Å²) in [7, 11) is 0. The molecule has 1 aliphatic rings. The molecule has 2 aromatic rings. The average Bonchev–Trinajstić information content (AvgIpc) is 3.13. The number of aromatic nitrogens is 2. The van der Waals surface area contributed by atoms with Gasteiger partial charge >= 0.3 is 6.18 Å². The van der Waals surface area contributed by atoms with E-state index >= 15 is 0 Å². The molecule has 1 aromatic carbocycles. The van der Waals surface area contributed by atoms with Crippen molar-refractivity contribution in [3.63, 3.8) is 0 Å². The Morgan fingerprint density at radius 3 is 2.52 bits per heavy atom. The van der Waals surface area contributed by atoms with E-state index in [9.17, 15) is 18.0 Å². The lowest BCUT2D eigenvalue weighted by molar-refractivity contribution is -0.137. The fraction of sp³-hybridized carbons (Fsp3) is 0.412. The van der Waals surface area contributed by atoms with Crippen LogP contribution in [0.5, 0.6) is 0 Å². The minimum Gasteiger partial charge on any atom is -0.336 e. The fourth-order valence-electron chi connectivity index (χ4n) is 2.86. The number of alkyl halides is 3. The Kier molecular flexibility index (Phi) is 5.08. The number of rotatable bonds is 4. The molecule has 0 saturated carbocycles. The molecule has 25 heavy (non-hydrogen) atoms. The topological polar surface area (TPSA) is 41.4 Å². The van der Waals surface area contributed by atoms with Crippen LogP contribution in [0.15, 0.2) is 43.0 Å². The zero-order valence-electron chi connectivity index (χ0n) is 13.6. The minimum atomic E-state index is -4.44. The maximum atomic E-state index is 12.8. The Bertz CT molecular complexity index is 707. The van der Waals surface area contributed by atoms with Crippen LogP contribution in [-0.4, -0.2) is 58.0 Å². The molecule has 2 heterocycles. The molecule has 1 fully saturated rings. The van der Waals surface area contributed by atoms with Crippen molar-refractivity contribution in [1.29, 1.82) is 0 Å². The molecule has 8 heteroatoms. The fourth-order valence-corrected chi connectivity index (χ4v) is 2.86. The van der Waals surface area contributed by atoms with Gasteiger partial charge < -0.3 is 9.47 Å². The predicted octanol–water partition coefficient (Wildman–Crippen LogP) is 2.36. The first-order valence-corrected chi connectivity index (χ1v) is 8.08. The van der Waals surface area contributed by atoms with Crippen molar-refractivity contribution in [3.05, 3.63) is 54.1 Å². The number of amides is 1. The molecule has 1 aromatic heterocycles. The van der Waals surface area contributed by atoms with Crippen LogP contribution in [0.25, 0.3) is 0 Å². The molecule has 1 saturated heterocycles. The van der Waals surface area contributed by atoms with E-state index in [-0.39, 0.29) is 11.5 Å². The predicted molar refractivity (Wildman–Crippen MR) is 86.0 cm³/mol. The molecule has 0 spiro atoms. The first-order valence-electron chi connectivity index (χ1n) is 8.08. The highest BCUT2D eigenvalue weighted by atomic mass is 19.4. The van der Waals surface area contributed by atoms with Crippen LogP contribution in [0.3, 0.4) is 0 Å². The van der Waals surface area contributed by atoms with Gasteiger partial charge in [0.05, 0.1) is 11.9 Å². The first-order chi connectivity index (χ1) is 11.9. The summed E-state index contributed by atoms with van der Waals surface area (Å²) in [5, 5.41) is 0. The molecule has 0 radical (unpaired) electrons. The normalized spacial score (nSPS) is 16.2. The summed E-state index contributed by atoms with van der Waals surface area (Å²) >= 11 is 0. The van der Waals surface area contributed by atoms with Gasteiger partial charge in [-0.05, 0) is 18.2 Å². The van der Waals surface area contributed by atoms with E-state index in [1.165, 1.54) is 12.1 Å². The van der Waals surface area contributed by atoms with E-state index in [0.717, 1.165) is 25.2 Å². The molecular weight excluding hydrogens is 333 g/mol. The Morgan fingerprint density at radius 1 is 1.12 bits per heavy atom. The second-order valence-electron chi connectivity index (χ2n) is 6.01. The Balaban J connectivity index is 1.55. The lowest BCUT2D eigenvalue weighted by Gasteiger charge is -2.34. The molecule has 0 aliphatic carbocycles. The number of nitrogens with zero attached hydrogens (tertiary/aromatic N) is 4. The summed E-state index contributed by atoms with van der Waals surface area (Å²) in [6.45, 7) is 4.11. The standard InChI is InChI=1S/C17H19F3N4O/c18-17(19,20)15-3-1-2-14(12-15)16(25)24-10-8-22(9-11-24)6-7-23-5-4-21-13-23/h1-5,12-13H,6-11H2. The highest BCUT2D eigenvalue weighted by molar-refractivity contribution is 5.94. The summed E-state index contributed by atoms with van der Waals surface area (Å²) in [6, 6.07) is 4.61. The largest absolute Gasteiger partial charge is 0.416 e. The lowest BCUT2D eigenvalue weighted by atomic mass is 10.1. The van der Waals surface area contributed by atoms with Crippen molar-refractivity contribution in [2.45, 2.75) is 12.7 Å². The zero-order chi connectivity index (χ0) is 17.9. The van der Waals surface area contributed by atoms with E-state index in [0.29, 0.717) is 26.2 Å². The lowest BCUT2D eigenvalue weighted by Crippen LogP contribution is -2.49. The van der Waals surface area contributed by atoms with E-state index in [1.54, 1.807) is 17.4 Å². The second kappa shape index (κ2) is 7.26. The van der Waals surface area contributed by atoms with Crippen LogP contribution >= 0.6 is 0 Å². The van der Waals surface area contributed by atoms with Gasteiger partial charge in [0.15, 0.2) is 0 Å². The van der Waals surface area contributed by atoms with Gasteiger partial charge in [-0.2, -0.15) is 13.2 Å². The van der Waals surface area contributed by atoms with Crippen molar-refractivity contribution >= 4 is 5.91 Å². The smallest absolute Gasteiger partial charge is 0.336 e. The molecule has 0 N–H and O–H groups in total. The number of carbonyl (C=O) groups excluding carboxylic acids is 1. The van der Waals surface area contributed by atoms with Crippen LogP contribution in [0.4, 0.5) is 13.2 Å². The van der Waals surface area contributed by atoms with E-state index < -0.39 is 11.7 Å². The summed E-state index contributed by atoms with van der Waals surface area (Å²) in [5.41, 5.74) is -0.709. The number of hydrogen-bond acceptors (Lipinski definition) is 3. The number of benzene rings is 1. The second-order valence-corrected chi connectivity index (χ2v) is 6.01. The van der Waals surface area contributed by atoms with Crippen LogP contribution in [0.1, 0.15) is 15.9 Å². The maximum absolute atomic E-state index is 12.8. The Morgan fingerprint density at radius 2 is 1.88 bits per heavy atom. The highest BCUT2D eigenvalue weighted by Gasteiger charge is 2.31. The van der Waals surface area contributed by atoms with Gasteiger partial charge in [0.1, 0.15) is 0 Å². The van der Waals surface area contributed by atoms with Crippen molar-refractivity contribution in [2.24, 2.45) is 0 Å². The molecule has 0 atom stereocenters. The monoisotopic (exact) mass is 352 g/mol. The summed E-state index contributed by atoms with van der Waals surface area (Å²) in [4.78, 5) is 20.3. The number of carbonyl (C=O) groups is 1. The van der Waals surface area contributed by atoms with Gasteiger partial charge in [-0.25, -0.2) is 4.98 Å². The van der Waals surface area contributed by atoms with E-state index in [1.807, 2.05) is 10.8 Å². The molecule has 3 rings (SSSR count). The molecule has 0 bridgehead atoms. The van der Waals surface area contributed by atoms with Crippen LogP contribution in [-0.2, 0) is 12.7 Å².